The van der Waals surface area contributed by atoms with E-state index in [-0.39, 0.29) is 0 Å². The van der Waals surface area contributed by atoms with Crippen molar-refractivity contribution < 1.29 is 0 Å². The van der Waals surface area contributed by atoms with Gasteiger partial charge in [0.2, 0.25) is 0 Å². The van der Waals surface area contributed by atoms with E-state index in [0.717, 1.165) is 0 Å². The summed E-state index contributed by atoms with van der Waals surface area (Å²) in [5, 5.41) is 8.98. The van der Waals surface area contributed by atoms with Crippen molar-refractivity contribution in [3.63, 3.8) is 0 Å². The molecule has 20 heavy (non-hydrogen) atoms. The van der Waals surface area contributed by atoms with Crippen LogP contribution in [-0.4, -0.2) is 33.4 Å². The van der Waals surface area contributed by atoms with Crippen molar-refractivity contribution in [1.82, 2.24) is 15.0 Å². The Kier molecular flexibility index (Phi) is 8.15. The summed E-state index contributed by atoms with van der Waals surface area (Å²) in [6.45, 7) is 9.18. The van der Waals surface area contributed by atoms with Crippen LogP contribution in [0.25, 0.3) is 0 Å². The van der Waals surface area contributed by atoms with E-state index in [4.69, 9.17) is 0 Å². The summed E-state index contributed by atoms with van der Waals surface area (Å²) in [4.78, 5) is 0. The van der Waals surface area contributed by atoms with Crippen LogP contribution in [-0.2, 0) is 7.05 Å². The summed E-state index contributed by atoms with van der Waals surface area (Å²) in [5.74, 6) is 0. The summed E-state index contributed by atoms with van der Waals surface area (Å²) in [6.07, 6.45) is 8.11. The molecule has 0 fully saturated rings. The SMILES string of the molecule is CCC[CH2][Sn]([CH2]CCC)([CH2]CCC)[c]1nnn(C)c1C. The number of aromatic nitrogens is 3. The number of unbranched alkanes of at least 4 members (excludes halogenated alkanes) is 3. The van der Waals surface area contributed by atoms with E-state index >= 15 is 0 Å². The van der Waals surface area contributed by atoms with Crippen LogP contribution in [0.2, 0.25) is 13.3 Å². The molecule has 0 aromatic carbocycles. The Morgan fingerprint density at radius 2 is 1.35 bits per heavy atom. The second kappa shape index (κ2) is 9.06. The van der Waals surface area contributed by atoms with E-state index in [9.17, 15) is 0 Å². The number of hydrogen-bond acceptors (Lipinski definition) is 2. The second-order valence-electron chi connectivity index (χ2n) is 6.24. The maximum atomic E-state index is 4.65. The number of rotatable bonds is 10. The Morgan fingerprint density at radius 3 is 1.65 bits per heavy atom. The normalized spacial score (nSPS) is 12.1. The second-order valence-corrected chi connectivity index (χ2v) is 19.2. The van der Waals surface area contributed by atoms with Gasteiger partial charge in [-0.25, -0.2) is 0 Å². The standard InChI is InChI=1S/C4H6N3.3C4H9.Sn/c1-4-3-5-6-7(4)2;3*1-3-4-2;/h1-2H3;3*1,3-4H2,2H3;. The van der Waals surface area contributed by atoms with E-state index in [1.807, 2.05) is 11.7 Å². The van der Waals surface area contributed by atoms with Gasteiger partial charge in [0.05, 0.1) is 0 Å². The van der Waals surface area contributed by atoms with Crippen molar-refractivity contribution in [1.29, 1.82) is 0 Å². The number of hydrogen-bond donors (Lipinski definition) is 0. The van der Waals surface area contributed by atoms with Gasteiger partial charge in [0.15, 0.2) is 0 Å². The molecule has 4 heteroatoms. The zero-order valence-electron chi connectivity index (χ0n) is 14.2. The molecule has 0 aliphatic carbocycles. The number of aryl methyl sites for hydroxylation is 1. The molecule has 1 rings (SSSR count). The molecule has 0 radical (unpaired) electrons. The van der Waals surface area contributed by atoms with Crippen LogP contribution in [0, 0.1) is 6.92 Å². The molecule has 0 amide bonds. The molecule has 0 N–H and O–H groups in total. The Morgan fingerprint density at radius 1 is 0.900 bits per heavy atom. The van der Waals surface area contributed by atoms with Crippen molar-refractivity contribution >= 4 is 22.1 Å². The van der Waals surface area contributed by atoms with Gasteiger partial charge in [-0.1, -0.05) is 0 Å². The fraction of sp³-hybridized carbons (Fsp3) is 0.875. The molecule has 1 aromatic rings. The zero-order valence-corrected chi connectivity index (χ0v) is 17.1. The molecule has 0 spiro atoms. The molecule has 0 saturated carbocycles. The summed E-state index contributed by atoms with van der Waals surface area (Å²) in [5.41, 5.74) is 1.35. The molecule has 0 atom stereocenters. The monoisotopic (exact) mass is 387 g/mol. The quantitative estimate of drug-likeness (QED) is 0.565. The van der Waals surface area contributed by atoms with Crippen LogP contribution in [0.3, 0.4) is 0 Å². The van der Waals surface area contributed by atoms with Gasteiger partial charge in [0.1, 0.15) is 0 Å². The van der Waals surface area contributed by atoms with Gasteiger partial charge in [-0.05, 0) is 0 Å². The van der Waals surface area contributed by atoms with E-state index < -0.39 is 18.4 Å². The van der Waals surface area contributed by atoms with Crippen LogP contribution in [0.4, 0.5) is 0 Å². The van der Waals surface area contributed by atoms with Gasteiger partial charge in [-0.15, -0.1) is 0 Å². The Labute approximate surface area is 129 Å². The molecule has 116 valence electrons. The Hall–Kier alpha value is -0.0613. The minimum atomic E-state index is -2.33. The summed E-state index contributed by atoms with van der Waals surface area (Å²) >= 11 is -2.33. The van der Waals surface area contributed by atoms with E-state index in [2.05, 4.69) is 38.0 Å². The molecule has 3 nitrogen and oxygen atoms in total. The van der Waals surface area contributed by atoms with Crippen molar-refractivity contribution in [2.45, 2.75) is 79.5 Å². The van der Waals surface area contributed by atoms with Crippen molar-refractivity contribution in [2.24, 2.45) is 7.05 Å². The van der Waals surface area contributed by atoms with Gasteiger partial charge in [-0.2, -0.15) is 0 Å². The van der Waals surface area contributed by atoms with Crippen molar-refractivity contribution in [3.05, 3.63) is 5.69 Å². The van der Waals surface area contributed by atoms with Gasteiger partial charge >= 0.3 is 129 Å². The Balaban J connectivity index is 3.08. The van der Waals surface area contributed by atoms with Gasteiger partial charge in [-0.3, -0.25) is 0 Å². The van der Waals surface area contributed by atoms with E-state index in [0.29, 0.717) is 0 Å². The van der Waals surface area contributed by atoms with E-state index in [1.165, 1.54) is 61.2 Å². The van der Waals surface area contributed by atoms with E-state index in [1.54, 1.807) is 0 Å². The van der Waals surface area contributed by atoms with Crippen LogP contribution in [0.15, 0.2) is 0 Å². The molecular weight excluding hydrogens is 353 g/mol. The topological polar surface area (TPSA) is 30.7 Å². The first-order valence-electron chi connectivity index (χ1n) is 8.48. The molecule has 1 heterocycles. The average molecular weight is 386 g/mol. The molecule has 0 aliphatic rings. The summed E-state index contributed by atoms with van der Waals surface area (Å²) in [6, 6.07) is 0. The third kappa shape index (κ3) is 4.47. The van der Waals surface area contributed by atoms with Crippen LogP contribution < -0.4 is 3.71 Å². The predicted octanol–water partition coefficient (Wildman–Crippen LogP) is 4.18. The van der Waals surface area contributed by atoms with Crippen LogP contribution in [0.1, 0.15) is 65.0 Å². The van der Waals surface area contributed by atoms with Crippen LogP contribution in [0.5, 0.6) is 0 Å². The fourth-order valence-electron chi connectivity index (χ4n) is 3.17. The van der Waals surface area contributed by atoms with Gasteiger partial charge in [0.25, 0.3) is 0 Å². The third-order valence-electron chi connectivity index (χ3n) is 4.64. The first-order valence-corrected chi connectivity index (χ1v) is 16.0. The molecule has 0 saturated heterocycles. The first-order chi connectivity index (χ1) is 9.61. The van der Waals surface area contributed by atoms with Gasteiger partial charge in [0, 0.05) is 0 Å². The average Bonchev–Trinajstić information content (AvgIpc) is 2.79. The molecule has 1 aromatic heterocycles. The van der Waals surface area contributed by atoms with Gasteiger partial charge < -0.3 is 0 Å². The fourth-order valence-corrected chi connectivity index (χ4v) is 19.5. The number of nitrogens with zero attached hydrogens (tertiary/aromatic N) is 3. The van der Waals surface area contributed by atoms with Crippen molar-refractivity contribution in [2.75, 3.05) is 0 Å². The third-order valence-corrected chi connectivity index (χ3v) is 20.0. The van der Waals surface area contributed by atoms with Crippen molar-refractivity contribution in [3.8, 4) is 0 Å². The summed E-state index contributed by atoms with van der Waals surface area (Å²) in [7, 11) is 2.04. The summed E-state index contributed by atoms with van der Waals surface area (Å²) < 4.78 is 7.91. The molecule has 0 bridgehead atoms. The first kappa shape index (κ1) is 18.0. The minimum absolute atomic E-state index is 1.32. The van der Waals surface area contributed by atoms with Crippen LogP contribution >= 0.6 is 0 Å². The Bertz CT molecular complexity index is 365. The zero-order chi connectivity index (χ0) is 15.0. The predicted molar refractivity (Wildman–Crippen MR) is 90.3 cm³/mol. The molecule has 0 unspecified atom stereocenters. The molecule has 0 aliphatic heterocycles. The molecular formula is C16H33N3Sn. The maximum absolute atomic E-state index is 4.65.